The van der Waals surface area contributed by atoms with Crippen LogP contribution in [-0.4, -0.2) is 35.8 Å². The van der Waals surface area contributed by atoms with Gasteiger partial charge in [0.25, 0.3) is 0 Å². The van der Waals surface area contributed by atoms with E-state index in [4.69, 9.17) is 9.47 Å². The fourth-order valence-electron chi connectivity index (χ4n) is 4.01. The Hall–Kier alpha value is -2.89. The largest absolute Gasteiger partial charge is 0.444 e. The van der Waals surface area contributed by atoms with Crippen LogP contribution < -0.4 is 0 Å². The summed E-state index contributed by atoms with van der Waals surface area (Å²) in [7, 11) is 0. The predicted molar refractivity (Wildman–Crippen MR) is 117 cm³/mol. The average molecular weight is 539 g/mol. The third-order valence-electron chi connectivity index (χ3n) is 5.69. The molecule has 0 aliphatic carbocycles. The van der Waals surface area contributed by atoms with Crippen LogP contribution in [-0.2, 0) is 28.4 Å². The normalized spacial score (nSPS) is 19.2. The van der Waals surface area contributed by atoms with Crippen LogP contribution in [0.1, 0.15) is 55.4 Å². The van der Waals surface area contributed by atoms with Crippen molar-refractivity contribution in [3.8, 4) is 0 Å². The summed E-state index contributed by atoms with van der Waals surface area (Å²) >= 11 is 0. The maximum Gasteiger partial charge on any atom is 0.416 e. The van der Waals surface area contributed by atoms with Crippen LogP contribution in [0.2, 0.25) is 0 Å². The Morgan fingerprint density at radius 2 is 1.51 bits per heavy atom. The fraction of sp³-hybridized carbons (Fsp3) is 0.480. The summed E-state index contributed by atoms with van der Waals surface area (Å²) in [4.78, 5) is 13.9. The number of alkyl halides is 6. The van der Waals surface area contributed by atoms with Crippen LogP contribution >= 0.6 is 0 Å². The van der Waals surface area contributed by atoms with Gasteiger partial charge in [-0.1, -0.05) is 6.07 Å². The Morgan fingerprint density at radius 1 is 0.919 bits per heavy atom. The van der Waals surface area contributed by atoms with Crippen molar-refractivity contribution >= 4 is 6.09 Å². The minimum Gasteiger partial charge on any atom is -0.444 e. The van der Waals surface area contributed by atoms with Crippen LogP contribution in [0.5, 0.6) is 0 Å². The van der Waals surface area contributed by atoms with Crippen molar-refractivity contribution in [2.24, 2.45) is 0 Å². The minimum absolute atomic E-state index is 0.0123. The molecule has 1 fully saturated rings. The van der Waals surface area contributed by atoms with Crippen molar-refractivity contribution in [1.82, 2.24) is 4.90 Å². The topological polar surface area (TPSA) is 38.8 Å². The molecule has 2 aromatic carbocycles. The molecule has 0 saturated carbocycles. The molecule has 0 radical (unpaired) electrons. The molecule has 4 nitrogen and oxygen atoms in total. The van der Waals surface area contributed by atoms with Crippen LogP contribution in [0.3, 0.4) is 0 Å². The molecule has 1 amide bonds. The zero-order valence-electron chi connectivity index (χ0n) is 20.1. The number of halogens is 8. The molecule has 1 saturated heterocycles. The summed E-state index contributed by atoms with van der Waals surface area (Å²) in [6.07, 6.45) is -11.5. The molecule has 1 heterocycles. The smallest absolute Gasteiger partial charge is 0.416 e. The van der Waals surface area contributed by atoms with E-state index in [1.165, 1.54) is 11.0 Å². The van der Waals surface area contributed by atoms with E-state index in [0.717, 1.165) is 12.1 Å². The Balaban J connectivity index is 1.90. The molecule has 12 heteroatoms. The number of carbonyl (C=O) groups is 1. The molecule has 2 atom stereocenters. The van der Waals surface area contributed by atoms with E-state index in [-0.39, 0.29) is 31.1 Å². The van der Waals surface area contributed by atoms with E-state index >= 15 is 0 Å². The molecule has 3 rings (SSSR count). The Kier molecular flexibility index (Phi) is 8.11. The molecule has 37 heavy (non-hydrogen) atoms. The molecule has 0 unspecified atom stereocenters. The van der Waals surface area contributed by atoms with E-state index in [2.05, 4.69) is 0 Å². The van der Waals surface area contributed by atoms with Crippen molar-refractivity contribution in [3.05, 3.63) is 70.3 Å². The third-order valence-corrected chi connectivity index (χ3v) is 5.69. The fourth-order valence-corrected chi connectivity index (χ4v) is 4.01. The van der Waals surface area contributed by atoms with Gasteiger partial charge in [-0.15, -0.1) is 0 Å². The number of likely N-dealkylation sites (tertiary alicyclic amines) is 1. The quantitative estimate of drug-likeness (QED) is 0.383. The van der Waals surface area contributed by atoms with Crippen molar-refractivity contribution in [3.63, 3.8) is 0 Å². The highest BCUT2D eigenvalue weighted by molar-refractivity contribution is 5.68. The van der Waals surface area contributed by atoms with E-state index in [1.54, 1.807) is 20.8 Å². The summed E-state index contributed by atoms with van der Waals surface area (Å²) in [5.74, 6) is -2.84. The molecule has 0 spiro atoms. The summed E-state index contributed by atoms with van der Waals surface area (Å²) in [6, 6.07) is 4.29. The number of piperidine rings is 1. The SMILES string of the molecule is CC(C)(C)OC(=O)N1CC[C@@H](c2ccc(F)c(F)c2)[C@@H](OCc2cc(C(F)(F)F)cc(C(F)(F)F)c2)C1. The summed E-state index contributed by atoms with van der Waals surface area (Å²) in [6.45, 7) is 4.32. The van der Waals surface area contributed by atoms with E-state index in [0.29, 0.717) is 17.7 Å². The van der Waals surface area contributed by atoms with Crippen LogP contribution in [0.25, 0.3) is 0 Å². The molecule has 0 bridgehead atoms. The second-order valence-electron chi connectivity index (χ2n) is 9.76. The number of rotatable bonds is 4. The lowest BCUT2D eigenvalue weighted by Gasteiger charge is -2.39. The number of hydrogen-bond acceptors (Lipinski definition) is 3. The number of ether oxygens (including phenoxy) is 2. The van der Waals surface area contributed by atoms with Gasteiger partial charge in [0.05, 0.1) is 30.4 Å². The molecule has 1 aliphatic heterocycles. The van der Waals surface area contributed by atoms with Gasteiger partial charge in [0, 0.05) is 12.5 Å². The standard InChI is InChI=1S/C25H25F8NO3/c1-23(2,3)37-22(35)34-7-6-18(15-4-5-19(26)20(27)10-15)21(12-34)36-13-14-8-16(24(28,29)30)11-17(9-14)25(31,32)33/h4-5,8-11,18,21H,6-7,12-13H2,1-3H3/t18-,21-/m0/s1. The summed E-state index contributed by atoms with van der Waals surface area (Å²) in [5.41, 5.74) is -3.88. The van der Waals surface area contributed by atoms with Crippen molar-refractivity contribution in [2.75, 3.05) is 13.1 Å². The van der Waals surface area contributed by atoms with Gasteiger partial charge in [-0.25, -0.2) is 13.6 Å². The number of nitrogens with zero attached hydrogens (tertiary/aromatic N) is 1. The molecule has 204 valence electrons. The first-order valence-electron chi connectivity index (χ1n) is 11.3. The van der Waals surface area contributed by atoms with Crippen LogP contribution in [0.15, 0.2) is 36.4 Å². The average Bonchev–Trinajstić information content (AvgIpc) is 2.77. The van der Waals surface area contributed by atoms with Gasteiger partial charge in [-0.3, -0.25) is 0 Å². The summed E-state index contributed by atoms with van der Waals surface area (Å²) in [5, 5.41) is 0. The first-order chi connectivity index (χ1) is 16.9. The lowest BCUT2D eigenvalue weighted by molar-refractivity contribution is -0.143. The molecule has 2 aromatic rings. The lowest BCUT2D eigenvalue weighted by Crippen LogP contribution is -2.48. The van der Waals surface area contributed by atoms with Crippen molar-refractivity contribution in [1.29, 1.82) is 0 Å². The van der Waals surface area contributed by atoms with Crippen LogP contribution in [0.4, 0.5) is 39.9 Å². The minimum atomic E-state index is -5.03. The lowest BCUT2D eigenvalue weighted by atomic mass is 9.87. The molecular weight excluding hydrogens is 514 g/mol. The zero-order valence-corrected chi connectivity index (χ0v) is 20.1. The van der Waals surface area contributed by atoms with Crippen molar-refractivity contribution < 1.29 is 49.4 Å². The second kappa shape index (κ2) is 10.5. The second-order valence-corrected chi connectivity index (χ2v) is 9.76. The monoisotopic (exact) mass is 539 g/mol. The first-order valence-corrected chi connectivity index (χ1v) is 11.3. The van der Waals surface area contributed by atoms with Crippen LogP contribution in [0, 0.1) is 11.6 Å². The summed E-state index contributed by atoms with van der Waals surface area (Å²) < 4.78 is 118. The first kappa shape index (κ1) is 28.7. The predicted octanol–water partition coefficient (Wildman–Crippen LogP) is 7.31. The van der Waals surface area contributed by atoms with Gasteiger partial charge in [0.2, 0.25) is 0 Å². The number of carbonyl (C=O) groups excluding carboxylic acids is 1. The molecule has 1 aliphatic rings. The van der Waals surface area contributed by atoms with Crippen molar-refractivity contribution in [2.45, 2.75) is 63.8 Å². The molecular formula is C25H25F8NO3. The highest BCUT2D eigenvalue weighted by Crippen LogP contribution is 2.37. The molecule has 0 N–H and O–H groups in total. The number of hydrogen-bond donors (Lipinski definition) is 0. The van der Waals surface area contributed by atoms with Gasteiger partial charge < -0.3 is 14.4 Å². The van der Waals surface area contributed by atoms with Gasteiger partial charge >= 0.3 is 18.4 Å². The Morgan fingerprint density at radius 3 is 2.03 bits per heavy atom. The van der Waals surface area contributed by atoms with E-state index in [1.807, 2.05) is 0 Å². The number of amides is 1. The maximum absolute atomic E-state index is 13.9. The number of benzene rings is 2. The maximum atomic E-state index is 13.9. The van der Waals surface area contributed by atoms with E-state index < -0.39 is 65.4 Å². The zero-order chi connectivity index (χ0) is 27.8. The van der Waals surface area contributed by atoms with Gasteiger partial charge in [0.1, 0.15) is 5.60 Å². The van der Waals surface area contributed by atoms with Gasteiger partial charge in [-0.2, -0.15) is 26.3 Å². The van der Waals surface area contributed by atoms with Gasteiger partial charge in [0.15, 0.2) is 11.6 Å². The molecule has 0 aromatic heterocycles. The third kappa shape index (κ3) is 7.56. The highest BCUT2D eigenvalue weighted by Gasteiger charge is 2.38. The van der Waals surface area contributed by atoms with Gasteiger partial charge in [-0.05, 0) is 68.7 Å². The highest BCUT2D eigenvalue weighted by atomic mass is 19.4. The Bertz CT molecular complexity index is 1090. The Labute approximate surface area is 208 Å². The van der Waals surface area contributed by atoms with E-state index in [9.17, 15) is 39.9 Å².